The predicted molar refractivity (Wildman–Crippen MR) is 68.7 cm³/mol. The molecule has 0 bridgehead atoms. The Bertz CT molecular complexity index is 544. The number of hydrogen-bond acceptors (Lipinski definition) is 4. The van der Waals surface area contributed by atoms with Crippen LogP contribution in [0.15, 0.2) is 24.3 Å². The number of benzene rings is 1. The second-order valence-electron chi connectivity index (χ2n) is 4.97. The number of ether oxygens (including phenoxy) is 2. The molecule has 3 rings (SSSR count). The minimum atomic E-state index is -0.855. The molecule has 20 heavy (non-hydrogen) atoms. The van der Waals surface area contributed by atoms with Gasteiger partial charge >= 0.3 is 5.97 Å². The van der Waals surface area contributed by atoms with Crippen molar-refractivity contribution in [2.45, 2.75) is 12.5 Å². The molecule has 0 aromatic heterocycles. The Morgan fingerprint density at radius 3 is 2.70 bits per heavy atom. The minimum absolute atomic E-state index is 0.157. The summed E-state index contributed by atoms with van der Waals surface area (Å²) in [6.07, 6.45) is -0.206. The normalized spacial score (nSPS) is 24.5. The molecule has 2 aliphatic heterocycles. The van der Waals surface area contributed by atoms with E-state index in [2.05, 4.69) is 0 Å². The van der Waals surface area contributed by atoms with Crippen molar-refractivity contribution < 1.29 is 24.2 Å². The molecule has 1 aromatic carbocycles. The van der Waals surface area contributed by atoms with E-state index < -0.39 is 18.0 Å². The van der Waals surface area contributed by atoms with Crippen LogP contribution in [0, 0.1) is 5.92 Å². The first kappa shape index (κ1) is 12.8. The van der Waals surface area contributed by atoms with Crippen molar-refractivity contribution in [3.63, 3.8) is 0 Å². The molecule has 1 saturated heterocycles. The number of para-hydroxylation sites is 2. The SMILES string of the molecule is O=C(O)[C@@H]1CCN(C(=O)[C@H]2COc3ccccc3O2)C1. The van der Waals surface area contributed by atoms with Crippen molar-refractivity contribution >= 4 is 11.9 Å². The smallest absolute Gasteiger partial charge is 0.308 e. The van der Waals surface area contributed by atoms with Crippen molar-refractivity contribution in [2.75, 3.05) is 19.7 Å². The number of hydrogen-bond donors (Lipinski definition) is 1. The zero-order valence-electron chi connectivity index (χ0n) is 10.8. The number of amides is 1. The van der Waals surface area contributed by atoms with Gasteiger partial charge in [0, 0.05) is 13.1 Å². The number of carboxylic acid groups (broad SMARTS) is 1. The van der Waals surface area contributed by atoms with E-state index in [0.717, 1.165) is 0 Å². The van der Waals surface area contributed by atoms with Crippen molar-refractivity contribution in [1.82, 2.24) is 4.90 Å². The van der Waals surface area contributed by atoms with Crippen LogP contribution in [0.1, 0.15) is 6.42 Å². The third-order valence-electron chi connectivity index (χ3n) is 3.63. The van der Waals surface area contributed by atoms with Crippen LogP contribution >= 0.6 is 0 Å². The van der Waals surface area contributed by atoms with Crippen molar-refractivity contribution in [2.24, 2.45) is 5.92 Å². The lowest BCUT2D eigenvalue weighted by Crippen LogP contribution is -2.45. The van der Waals surface area contributed by atoms with Crippen LogP contribution in [0.5, 0.6) is 11.5 Å². The summed E-state index contributed by atoms with van der Waals surface area (Å²) in [6, 6.07) is 7.18. The highest BCUT2D eigenvalue weighted by Gasteiger charge is 2.36. The molecule has 1 fully saturated rings. The average Bonchev–Trinajstić information content (AvgIpc) is 2.96. The molecular formula is C14H15NO5. The highest BCUT2D eigenvalue weighted by Crippen LogP contribution is 2.31. The monoisotopic (exact) mass is 277 g/mol. The van der Waals surface area contributed by atoms with Crippen LogP contribution in [-0.2, 0) is 9.59 Å². The number of rotatable bonds is 2. The second kappa shape index (κ2) is 5.03. The van der Waals surface area contributed by atoms with Gasteiger partial charge < -0.3 is 19.5 Å². The summed E-state index contributed by atoms with van der Waals surface area (Å²) < 4.78 is 11.1. The maximum absolute atomic E-state index is 12.3. The van der Waals surface area contributed by atoms with Crippen LogP contribution < -0.4 is 9.47 Å². The zero-order chi connectivity index (χ0) is 14.1. The molecule has 6 nitrogen and oxygen atoms in total. The molecule has 0 saturated carbocycles. The summed E-state index contributed by atoms with van der Waals surface area (Å²) in [4.78, 5) is 24.8. The highest BCUT2D eigenvalue weighted by molar-refractivity contribution is 5.83. The van der Waals surface area contributed by atoms with Gasteiger partial charge in [0.1, 0.15) is 6.61 Å². The Labute approximate surface area is 115 Å². The molecular weight excluding hydrogens is 262 g/mol. The zero-order valence-corrected chi connectivity index (χ0v) is 10.8. The number of carbonyl (C=O) groups is 2. The topological polar surface area (TPSA) is 76.1 Å². The largest absolute Gasteiger partial charge is 0.485 e. The van der Waals surface area contributed by atoms with Gasteiger partial charge in [-0.2, -0.15) is 0 Å². The van der Waals surface area contributed by atoms with Gasteiger partial charge in [-0.15, -0.1) is 0 Å². The molecule has 6 heteroatoms. The lowest BCUT2D eigenvalue weighted by Gasteiger charge is -2.28. The molecule has 1 N–H and O–H groups in total. The lowest BCUT2D eigenvalue weighted by atomic mass is 10.1. The van der Waals surface area contributed by atoms with E-state index in [1.807, 2.05) is 12.1 Å². The molecule has 2 atom stereocenters. The average molecular weight is 277 g/mol. The van der Waals surface area contributed by atoms with Crippen LogP contribution in [-0.4, -0.2) is 47.7 Å². The first-order valence-corrected chi connectivity index (χ1v) is 6.55. The quantitative estimate of drug-likeness (QED) is 0.863. The van der Waals surface area contributed by atoms with Crippen LogP contribution in [0.2, 0.25) is 0 Å². The van der Waals surface area contributed by atoms with Crippen LogP contribution in [0.3, 0.4) is 0 Å². The standard InChI is InChI=1S/C14H15NO5/c16-13(15-6-5-9(7-15)14(17)18)12-8-19-10-3-1-2-4-11(10)20-12/h1-4,9,12H,5-8H2,(H,17,18)/t9-,12-/m1/s1. The van der Waals surface area contributed by atoms with Crippen LogP contribution in [0.25, 0.3) is 0 Å². The summed E-state index contributed by atoms with van der Waals surface area (Å²) in [5.74, 6) is -0.363. The Morgan fingerprint density at radius 1 is 1.25 bits per heavy atom. The first-order valence-electron chi connectivity index (χ1n) is 6.55. The number of fused-ring (bicyclic) bond motifs is 1. The molecule has 2 aliphatic rings. The van der Waals surface area contributed by atoms with Gasteiger partial charge in [0.05, 0.1) is 5.92 Å². The number of carbonyl (C=O) groups excluding carboxylic acids is 1. The lowest BCUT2D eigenvalue weighted by molar-refractivity contribution is -0.142. The second-order valence-corrected chi connectivity index (χ2v) is 4.97. The Hall–Kier alpha value is -2.24. The Morgan fingerprint density at radius 2 is 2.00 bits per heavy atom. The van der Waals surface area contributed by atoms with Gasteiger partial charge in [0.2, 0.25) is 6.10 Å². The molecule has 0 radical (unpaired) electrons. The molecule has 106 valence electrons. The highest BCUT2D eigenvalue weighted by atomic mass is 16.6. The maximum atomic E-state index is 12.3. The third kappa shape index (κ3) is 2.29. The number of nitrogens with zero attached hydrogens (tertiary/aromatic N) is 1. The molecule has 0 aliphatic carbocycles. The van der Waals surface area contributed by atoms with E-state index in [4.69, 9.17) is 14.6 Å². The molecule has 1 aromatic rings. The van der Waals surface area contributed by atoms with Crippen molar-refractivity contribution in [3.8, 4) is 11.5 Å². The maximum Gasteiger partial charge on any atom is 0.308 e. The Balaban J connectivity index is 1.66. The number of aliphatic carboxylic acids is 1. The molecule has 0 unspecified atom stereocenters. The summed E-state index contributed by atoms with van der Waals surface area (Å²) in [5, 5.41) is 8.96. The molecule has 0 spiro atoms. The number of carboxylic acids is 1. The van der Waals surface area contributed by atoms with Crippen molar-refractivity contribution in [1.29, 1.82) is 0 Å². The van der Waals surface area contributed by atoms with Gasteiger partial charge in [-0.25, -0.2) is 0 Å². The first-order chi connectivity index (χ1) is 9.65. The van der Waals surface area contributed by atoms with Gasteiger partial charge in [-0.05, 0) is 18.6 Å². The van der Waals surface area contributed by atoms with Gasteiger partial charge in [-0.3, -0.25) is 9.59 Å². The molecule has 2 heterocycles. The van der Waals surface area contributed by atoms with E-state index in [-0.39, 0.29) is 19.1 Å². The Kier molecular flexibility index (Phi) is 3.22. The van der Waals surface area contributed by atoms with Crippen molar-refractivity contribution in [3.05, 3.63) is 24.3 Å². The summed E-state index contributed by atoms with van der Waals surface area (Å²) in [7, 11) is 0. The van der Waals surface area contributed by atoms with Gasteiger partial charge in [-0.1, -0.05) is 12.1 Å². The van der Waals surface area contributed by atoms with Gasteiger partial charge in [0.15, 0.2) is 11.5 Å². The molecule has 1 amide bonds. The van der Waals surface area contributed by atoms with E-state index in [0.29, 0.717) is 24.5 Å². The van der Waals surface area contributed by atoms with E-state index >= 15 is 0 Å². The van der Waals surface area contributed by atoms with Gasteiger partial charge in [0.25, 0.3) is 5.91 Å². The minimum Gasteiger partial charge on any atom is -0.485 e. The van der Waals surface area contributed by atoms with E-state index in [9.17, 15) is 9.59 Å². The summed E-state index contributed by atoms with van der Waals surface area (Å²) in [5.41, 5.74) is 0. The fourth-order valence-electron chi connectivity index (χ4n) is 2.51. The van der Waals surface area contributed by atoms with Crippen LogP contribution in [0.4, 0.5) is 0 Å². The van der Waals surface area contributed by atoms with E-state index in [1.54, 1.807) is 17.0 Å². The van der Waals surface area contributed by atoms with E-state index in [1.165, 1.54) is 0 Å². The summed E-state index contributed by atoms with van der Waals surface area (Å²) in [6.45, 7) is 0.858. The fourth-order valence-corrected chi connectivity index (χ4v) is 2.51. The third-order valence-corrected chi connectivity index (χ3v) is 3.63. The summed E-state index contributed by atoms with van der Waals surface area (Å²) >= 11 is 0. The number of likely N-dealkylation sites (tertiary alicyclic amines) is 1. The fraction of sp³-hybridized carbons (Fsp3) is 0.429. The predicted octanol–water partition coefficient (Wildman–Crippen LogP) is 0.759.